The highest BCUT2D eigenvalue weighted by molar-refractivity contribution is 8.76. The summed E-state index contributed by atoms with van der Waals surface area (Å²) in [5.41, 5.74) is 1.21. The predicted molar refractivity (Wildman–Crippen MR) is 162 cm³/mol. The zero-order chi connectivity index (χ0) is 28.6. The minimum absolute atomic E-state index is 0.000521. The number of carbonyl (C=O) groups excluding carboxylic acids is 1. The van der Waals surface area contributed by atoms with E-state index in [0.717, 1.165) is 17.2 Å². The number of nitrogens with zero attached hydrogens (tertiary/aromatic N) is 3. The second kappa shape index (κ2) is 11.3. The zero-order valence-electron chi connectivity index (χ0n) is 23.5. The lowest BCUT2D eigenvalue weighted by Crippen LogP contribution is -2.33. The van der Waals surface area contributed by atoms with Crippen LogP contribution in [0.5, 0.6) is 23.0 Å². The van der Waals surface area contributed by atoms with Crippen molar-refractivity contribution in [2.24, 2.45) is 0 Å². The maximum atomic E-state index is 14.1. The smallest absolute Gasteiger partial charge is 0.259 e. The highest BCUT2D eigenvalue weighted by Crippen LogP contribution is 2.40. The van der Waals surface area contributed by atoms with E-state index >= 15 is 0 Å². The van der Waals surface area contributed by atoms with Gasteiger partial charge in [0.2, 0.25) is 12.7 Å². The third-order valence-electron chi connectivity index (χ3n) is 7.23. The van der Waals surface area contributed by atoms with Crippen LogP contribution in [0.4, 0.5) is 0 Å². The first-order valence-corrected chi connectivity index (χ1v) is 15.5. The van der Waals surface area contributed by atoms with Crippen molar-refractivity contribution in [3.05, 3.63) is 40.8 Å². The molecule has 5 rings (SSSR count). The molecular formula is C29H33N3O6S2. The Bertz CT molecular complexity index is 1670. The zero-order valence-corrected chi connectivity index (χ0v) is 25.2. The van der Waals surface area contributed by atoms with Crippen molar-refractivity contribution >= 4 is 60.1 Å². The molecule has 0 fully saturated rings. The molecule has 2 aromatic carbocycles. The van der Waals surface area contributed by atoms with Gasteiger partial charge in [-0.15, -0.1) is 0 Å². The molecule has 0 saturated carbocycles. The number of ether oxygens (including phenoxy) is 4. The summed E-state index contributed by atoms with van der Waals surface area (Å²) in [6.45, 7) is 5.11. The maximum Gasteiger partial charge on any atom is 0.259 e. The minimum atomic E-state index is -0.188. The van der Waals surface area contributed by atoms with Crippen molar-refractivity contribution in [2.45, 2.75) is 38.0 Å². The van der Waals surface area contributed by atoms with Crippen molar-refractivity contribution in [1.29, 1.82) is 0 Å². The number of benzene rings is 2. The number of hydrogen-bond donors (Lipinski definition) is 0. The number of likely N-dealkylation sites (N-methyl/N-ethyl adjacent to an activating group) is 1. The molecule has 1 aliphatic rings. The van der Waals surface area contributed by atoms with Gasteiger partial charge in [0.1, 0.15) is 0 Å². The molecule has 2 aromatic heterocycles. The van der Waals surface area contributed by atoms with E-state index in [-0.39, 0.29) is 23.0 Å². The van der Waals surface area contributed by atoms with Gasteiger partial charge in [-0.05, 0) is 44.7 Å². The van der Waals surface area contributed by atoms with Gasteiger partial charge < -0.3 is 28.4 Å². The molecule has 11 heteroatoms. The minimum Gasteiger partial charge on any atom is -0.493 e. The quantitative estimate of drug-likeness (QED) is 0.178. The van der Waals surface area contributed by atoms with Crippen molar-refractivity contribution in [3.63, 3.8) is 0 Å². The summed E-state index contributed by atoms with van der Waals surface area (Å²) < 4.78 is 24.0. The molecule has 4 aromatic rings. The van der Waals surface area contributed by atoms with Gasteiger partial charge in [0.15, 0.2) is 23.0 Å². The molecule has 0 N–H and O–H groups in total. The van der Waals surface area contributed by atoms with E-state index < -0.39 is 0 Å². The fourth-order valence-corrected chi connectivity index (χ4v) is 7.28. The van der Waals surface area contributed by atoms with Gasteiger partial charge in [0.25, 0.3) is 5.56 Å². The number of rotatable bonds is 10. The Morgan fingerprint density at radius 3 is 2.40 bits per heavy atom. The molecule has 0 radical (unpaired) electrons. The van der Waals surface area contributed by atoms with Gasteiger partial charge in [-0.2, -0.15) is 0 Å². The monoisotopic (exact) mass is 583 g/mol. The van der Waals surface area contributed by atoms with E-state index in [2.05, 4.69) is 13.8 Å². The van der Waals surface area contributed by atoms with Crippen LogP contribution in [0.3, 0.4) is 0 Å². The van der Waals surface area contributed by atoms with Gasteiger partial charge >= 0.3 is 0 Å². The molecule has 40 heavy (non-hydrogen) atoms. The molecule has 1 aliphatic heterocycles. The summed E-state index contributed by atoms with van der Waals surface area (Å²) in [6.07, 6.45) is 5.03. The number of methoxy groups -OCH3 is 2. The van der Waals surface area contributed by atoms with Crippen LogP contribution >= 0.6 is 21.6 Å². The molecule has 0 spiro atoms. The molecule has 212 valence electrons. The summed E-state index contributed by atoms with van der Waals surface area (Å²) >= 11 is 0. The van der Waals surface area contributed by atoms with Crippen LogP contribution in [-0.4, -0.2) is 66.0 Å². The van der Waals surface area contributed by atoms with Crippen LogP contribution < -0.4 is 24.5 Å². The van der Waals surface area contributed by atoms with E-state index in [9.17, 15) is 9.59 Å². The van der Waals surface area contributed by atoms with Gasteiger partial charge in [0, 0.05) is 59.7 Å². The third-order valence-corrected chi connectivity index (χ3v) is 9.90. The van der Waals surface area contributed by atoms with E-state index in [1.165, 1.54) is 0 Å². The molecular weight excluding hydrogens is 550 g/mol. The molecule has 0 unspecified atom stereocenters. The first kappa shape index (κ1) is 28.2. The normalized spacial score (nSPS) is 12.8. The standard InChI is InChI=1S/C29H33N3O6S2/c1-29(2,40-39-6)8-7-26(33)31(3)9-10-32-27-19-13-24-25(38-16-37-24)14-21(19)30-15-20(27)17-11-22(35-4)23(36-5)12-18(17)28(32)34/h11-15H,7-10,16H2,1-6H3. The third kappa shape index (κ3) is 5.24. The van der Waals surface area contributed by atoms with Crippen LogP contribution in [0.25, 0.3) is 32.6 Å². The Morgan fingerprint density at radius 2 is 1.73 bits per heavy atom. The average Bonchev–Trinajstić information content (AvgIpc) is 3.41. The van der Waals surface area contributed by atoms with E-state index in [1.54, 1.807) is 64.6 Å². The lowest BCUT2D eigenvalue weighted by atomic mass is 10.0. The van der Waals surface area contributed by atoms with Crippen LogP contribution in [0.2, 0.25) is 0 Å². The number of carbonyl (C=O) groups is 1. The number of fused-ring (bicyclic) bond motifs is 6. The Hall–Kier alpha value is -3.31. The Morgan fingerprint density at radius 1 is 1.05 bits per heavy atom. The molecule has 0 bridgehead atoms. The average molecular weight is 584 g/mol. The van der Waals surface area contributed by atoms with Crippen molar-refractivity contribution in [1.82, 2.24) is 14.5 Å². The first-order chi connectivity index (χ1) is 19.2. The van der Waals surface area contributed by atoms with Gasteiger partial charge in [-0.25, -0.2) is 0 Å². The molecule has 9 nitrogen and oxygen atoms in total. The van der Waals surface area contributed by atoms with Crippen LogP contribution in [0.1, 0.15) is 26.7 Å². The van der Waals surface area contributed by atoms with Gasteiger partial charge in [-0.3, -0.25) is 14.6 Å². The second-order valence-electron chi connectivity index (χ2n) is 10.3. The van der Waals surface area contributed by atoms with Crippen molar-refractivity contribution < 1.29 is 23.7 Å². The van der Waals surface area contributed by atoms with Crippen LogP contribution in [0.15, 0.2) is 35.3 Å². The lowest BCUT2D eigenvalue weighted by molar-refractivity contribution is -0.130. The summed E-state index contributed by atoms with van der Waals surface area (Å²) in [5.74, 6) is 2.26. The van der Waals surface area contributed by atoms with E-state index in [4.69, 9.17) is 23.9 Å². The SMILES string of the molecule is COc1cc2c(=O)n(CCN(C)C(=O)CCC(C)(C)SSC)c3c4cc5c(cc4ncc3c2cc1OC)OCO5. The molecule has 3 heterocycles. The number of amides is 1. The van der Waals surface area contributed by atoms with Gasteiger partial charge in [0.05, 0.1) is 30.6 Å². The van der Waals surface area contributed by atoms with Crippen LogP contribution in [0, 0.1) is 0 Å². The maximum absolute atomic E-state index is 14.1. The molecule has 0 atom stereocenters. The van der Waals surface area contributed by atoms with E-state index in [1.807, 2.05) is 24.5 Å². The summed E-state index contributed by atoms with van der Waals surface area (Å²) in [5, 5.41) is 2.74. The van der Waals surface area contributed by atoms with Crippen molar-refractivity contribution in [3.8, 4) is 23.0 Å². The number of pyridine rings is 2. The summed E-state index contributed by atoms with van der Waals surface area (Å²) in [7, 11) is 8.38. The highest BCUT2D eigenvalue weighted by Gasteiger charge is 2.23. The first-order valence-electron chi connectivity index (χ1n) is 12.9. The summed E-state index contributed by atoms with van der Waals surface area (Å²) in [6, 6.07) is 7.22. The predicted octanol–water partition coefficient (Wildman–Crippen LogP) is 5.48. The van der Waals surface area contributed by atoms with E-state index in [0.29, 0.717) is 64.3 Å². The second-order valence-corrected chi connectivity index (χ2v) is 13.4. The fraction of sp³-hybridized carbons (Fsp3) is 0.414. The van der Waals surface area contributed by atoms with Crippen LogP contribution in [-0.2, 0) is 11.3 Å². The Kier molecular flexibility index (Phi) is 7.96. The molecule has 1 amide bonds. The molecule has 0 saturated heterocycles. The highest BCUT2D eigenvalue weighted by atomic mass is 33.1. The Balaban J connectivity index is 1.61. The fourth-order valence-electron chi connectivity index (χ4n) is 5.04. The van der Waals surface area contributed by atoms with Crippen molar-refractivity contribution in [2.75, 3.05) is 40.9 Å². The Labute approximate surface area is 240 Å². The number of aromatic nitrogens is 2. The topological polar surface area (TPSA) is 92.1 Å². The lowest BCUT2D eigenvalue weighted by Gasteiger charge is -2.24. The van der Waals surface area contributed by atoms with Gasteiger partial charge in [-0.1, -0.05) is 21.6 Å². The summed E-state index contributed by atoms with van der Waals surface area (Å²) in [4.78, 5) is 33.5. The molecule has 0 aliphatic carbocycles. The number of hydrogen-bond acceptors (Lipinski definition) is 9. The largest absolute Gasteiger partial charge is 0.493 e.